The molecule has 0 saturated carbocycles. The van der Waals surface area contributed by atoms with Gasteiger partial charge in [-0.05, 0) is 12.1 Å². The Labute approximate surface area is 87.3 Å². The molecule has 0 fully saturated rings. The molecule has 4 N–H and O–H groups in total. The lowest BCUT2D eigenvalue weighted by Gasteiger charge is -2.09. The maximum atomic E-state index is 11.4. The number of anilines is 1. The van der Waals surface area contributed by atoms with E-state index in [9.17, 15) is 9.90 Å². The number of hydrogen-bond acceptors (Lipinski definition) is 4. The van der Waals surface area contributed by atoms with Crippen LogP contribution in [0.5, 0.6) is 5.75 Å². The molecule has 1 aromatic heterocycles. The van der Waals surface area contributed by atoms with Crippen LogP contribution < -0.4 is 11.1 Å². The summed E-state index contributed by atoms with van der Waals surface area (Å²) in [6.45, 7) is 0. The van der Waals surface area contributed by atoms with Crippen LogP contribution in [0.2, 0.25) is 0 Å². The van der Waals surface area contributed by atoms with Gasteiger partial charge in [0.2, 0.25) is 5.91 Å². The predicted molar refractivity (Wildman–Crippen MR) is 56.0 cm³/mol. The number of carbonyl (C=O) groups is 1. The number of amides is 1. The van der Waals surface area contributed by atoms with Gasteiger partial charge in [-0.15, -0.1) is 12.3 Å². The maximum absolute atomic E-state index is 11.4. The molecule has 0 radical (unpaired) electrons. The topological polar surface area (TPSA) is 88.2 Å². The molecule has 1 amide bonds. The molecule has 0 aliphatic rings. The van der Waals surface area contributed by atoms with Gasteiger partial charge in [-0.3, -0.25) is 4.79 Å². The van der Waals surface area contributed by atoms with E-state index in [4.69, 9.17) is 12.2 Å². The third-order valence-corrected chi connectivity index (χ3v) is 1.70. The van der Waals surface area contributed by atoms with Gasteiger partial charge in [-0.25, -0.2) is 4.98 Å². The zero-order chi connectivity index (χ0) is 11.3. The summed E-state index contributed by atoms with van der Waals surface area (Å²) in [4.78, 5) is 15.1. The highest BCUT2D eigenvalue weighted by Gasteiger charge is 2.14. The fourth-order valence-electron chi connectivity index (χ4n) is 0.922. The molecule has 0 saturated heterocycles. The molecular weight excluding hydrogens is 194 g/mol. The van der Waals surface area contributed by atoms with Crippen LogP contribution in [0.15, 0.2) is 18.3 Å². The van der Waals surface area contributed by atoms with E-state index in [2.05, 4.69) is 16.2 Å². The van der Waals surface area contributed by atoms with Crippen molar-refractivity contribution in [2.75, 3.05) is 5.32 Å². The summed E-state index contributed by atoms with van der Waals surface area (Å²) in [6.07, 6.45) is 6.60. The Kier molecular flexibility index (Phi) is 3.66. The molecule has 5 nitrogen and oxygen atoms in total. The van der Waals surface area contributed by atoms with Gasteiger partial charge in [0.05, 0.1) is 6.04 Å². The minimum atomic E-state index is -0.795. The molecule has 1 aromatic rings. The zero-order valence-electron chi connectivity index (χ0n) is 7.97. The Hall–Kier alpha value is -2.06. The molecule has 0 aliphatic heterocycles. The normalized spacial score (nSPS) is 11.5. The number of aromatic nitrogens is 1. The lowest BCUT2D eigenvalue weighted by Crippen LogP contribution is -2.35. The van der Waals surface area contributed by atoms with Crippen LogP contribution in [0.4, 0.5) is 5.82 Å². The average Bonchev–Trinajstić information content (AvgIpc) is 2.21. The Morgan fingerprint density at radius 1 is 1.80 bits per heavy atom. The minimum absolute atomic E-state index is 0.0787. The summed E-state index contributed by atoms with van der Waals surface area (Å²) in [5, 5.41) is 11.7. The van der Waals surface area contributed by atoms with E-state index in [0.717, 1.165) is 0 Å². The van der Waals surface area contributed by atoms with E-state index in [0.29, 0.717) is 0 Å². The van der Waals surface area contributed by atoms with Crippen molar-refractivity contribution in [3.63, 3.8) is 0 Å². The van der Waals surface area contributed by atoms with Crippen LogP contribution in [0.25, 0.3) is 0 Å². The van der Waals surface area contributed by atoms with Crippen molar-refractivity contribution in [2.24, 2.45) is 5.73 Å². The summed E-state index contributed by atoms with van der Waals surface area (Å²) in [5.74, 6) is 1.78. The van der Waals surface area contributed by atoms with Crippen LogP contribution in [-0.2, 0) is 4.79 Å². The Morgan fingerprint density at radius 3 is 3.13 bits per heavy atom. The molecule has 0 spiro atoms. The summed E-state index contributed by atoms with van der Waals surface area (Å²) in [5.41, 5.74) is 5.46. The van der Waals surface area contributed by atoms with Crippen molar-refractivity contribution >= 4 is 11.7 Å². The third-order valence-electron chi connectivity index (χ3n) is 1.70. The standard InChI is InChI=1S/C10H11N3O2/c1-2-4-7(11)10(15)13-9-8(14)5-3-6-12-9/h1,3,5-7,14H,4,11H2,(H,12,13,15). The van der Waals surface area contributed by atoms with Crippen LogP contribution in [-0.4, -0.2) is 22.0 Å². The molecule has 0 aromatic carbocycles. The van der Waals surface area contributed by atoms with Gasteiger partial charge in [0.15, 0.2) is 11.6 Å². The highest BCUT2D eigenvalue weighted by Crippen LogP contribution is 2.18. The first kappa shape index (κ1) is 11.0. The van der Waals surface area contributed by atoms with Gasteiger partial charge in [0.25, 0.3) is 0 Å². The Balaban J connectivity index is 2.67. The molecule has 1 heterocycles. The van der Waals surface area contributed by atoms with Gasteiger partial charge in [0, 0.05) is 12.6 Å². The van der Waals surface area contributed by atoms with Crippen LogP contribution in [0.3, 0.4) is 0 Å². The fourth-order valence-corrected chi connectivity index (χ4v) is 0.922. The van der Waals surface area contributed by atoms with E-state index in [1.807, 2.05) is 0 Å². The third kappa shape index (κ3) is 2.97. The molecule has 0 bridgehead atoms. The smallest absolute Gasteiger partial charge is 0.243 e. The van der Waals surface area contributed by atoms with Gasteiger partial charge in [0.1, 0.15) is 0 Å². The van der Waals surface area contributed by atoms with Crippen molar-refractivity contribution in [2.45, 2.75) is 12.5 Å². The number of nitrogens with zero attached hydrogens (tertiary/aromatic N) is 1. The zero-order valence-corrected chi connectivity index (χ0v) is 7.97. The van der Waals surface area contributed by atoms with E-state index in [1.54, 1.807) is 6.07 Å². The maximum Gasteiger partial charge on any atom is 0.243 e. The number of hydrogen-bond donors (Lipinski definition) is 3. The van der Waals surface area contributed by atoms with Gasteiger partial charge in [-0.2, -0.15) is 0 Å². The Bertz CT molecular complexity index is 398. The fraction of sp³-hybridized carbons (Fsp3) is 0.200. The number of rotatable bonds is 3. The molecule has 0 aliphatic carbocycles. The largest absolute Gasteiger partial charge is 0.504 e. The lowest BCUT2D eigenvalue weighted by molar-refractivity contribution is -0.117. The first-order chi connectivity index (χ1) is 7.15. The molecule has 1 atom stereocenters. The lowest BCUT2D eigenvalue weighted by atomic mass is 10.2. The molecular formula is C10H11N3O2. The number of nitrogens with two attached hydrogens (primary N) is 1. The number of aromatic hydroxyl groups is 1. The first-order valence-corrected chi connectivity index (χ1v) is 4.29. The van der Waals surface area contributed by atoms with Crippen molar-refractivity contribution in [1.29, 1.82) is 0 Å². The van der Waals surface area contributed by atoms with Crippen molar-refractivity contribution in [1.82, 2.24) is 4.98 Å². The Morgan fingerprint density at radius 2 is 2.53 bits per heavy atom. The van der Waals surface area contributed by atoms with E-state index in [1.165, 1.54) is 12.3 Å². The predicted octanol–water partition coefficient (Wildman–Crippen LogP) is 0.0763. The average molecular weight is 205 g/mol. The van der Waals surface area contributed by atoms with Crippen LogP contribution in [0, 0.1) is 12.3 Å². The van der Waals surface area contributed by atoms with Gasteiger partial charge >= 0.3 is 0 Å². The monoisotopic (exact) mass is 205 g/mol. The van der Waals surface area contributed by atoms with E-state index in [-0.39, 0.29) is 18.0 Å². The molecule has 15 heavy (non-hydrogen) atoms. The van der Waals surface area contributed by atoms with Crippen molar-refractivity contribution in [3.8, 4) is 18.1 Å². The summed E-state index contributed by atoms with van der Waals surface area (Å²) in [7, 11) is 0. The minimum Gasteiger partial charge on any atom is -0.504 e. The molecule has 5 heteroatoms. The first-order valence-electron chi connectivity index (χ1n) is 4.29. The number of nitrogens with one attached hydrogen (secondary N) is 1. The van der Waals surface area contributed by atoms with Crippen molar-refractivity contribution < 1.29 is 9.90 Å². The second-order valence-corrected chi connectivity index (χ2v) is 2.88. The second kappa shape index (κ2) is 4.98. The number of pyridine rings is 1. The van der Waals surface area contributed by atoms with Gasteiger partial charge in [-0.1, -0.05) is 0 Å². The number of terminal acetylenes is 1. The van der Waals surface area contributed by atoms with Crippen molar-refractivity contribution in [3.05, 3.63) is 18.3 Å². The summed E-state index contributed by atoms with van der Waals surface area (Å²) in [6, 6.07) is 2.17. The summed E-state index contributed by atoms with van der Waals surface area (Å²) < 4.78 is 0. The highest BCUT2D eigenvalue weighted by molar-refractivity contribution is 5.95. The van der Waals surface area contributed by atoms with Gasteiger partial charge < -0.3 is 16.2 Å². The molecule has 78 valence electrons. The molecule has 1 rings (SSSR count). The van der Waals surface area contributed by atoms with Crippen LogP contribution in [0.1, 0.15) is 6.42 Å². The molecule has 1 unspecified atom stereocenters. The van der Waals surface area contributed by atoms with E-state index >= 15 is 0 Å². The van der Waals surface area contributed by atoms with Crippen LogP contribution >= 0.6 is 0 Å². The number of carbonyl (C=O) groups excluding carboxylic acids is 1. The quantitative estimate of drug-likeness (QED) is 0.609. The second-order valence-electron chi connectivity index (χ2n) is 2.88. The van der Waals surface area contributed by atoms with E-state index < -0.39 is 11.9 Å². The SMILES string of the molecule is C#CCC(N)C(=O)Nc1ncccc1O. The summed E-state index contributed by atoms with van der Waals surface area (Å²) >= 11 is 0. The highest BCUT2D eigenvalue weighted by atomic mass is 16.3.